The topological polar surface area (TPSA) is 87.0 Å². The third kappa shape index (κ3) is 2.05. The Morgan fingerprint density at radius 1 is 1.14 bits per heavy atom. The Hall–Kier alpha value is -0.650. The second-order valence-corrected chi connectivity index (χ2v) is 8.85. The zero-order valence-electron chi connectivity index (χ0n) is 14.0. The van der Waals surface area contributed by atoms with Crippen LogP contribution < -0.4 is 0 Å². The highest BCUT2D eigenvalue weighted by atomic mass is 16.6. The Kier molecular flexibility index (Phi) is 3.13. The van der Waals surface area contributed by atoms with E-state index >= 15 is 0 Å². The van der Waals surface area contributed by atoms with Crippen molar-refractivity contribution in [2.45, 2.75) is 88.6 Å². The van der Waals surface area contributed by atoms with Gasteiger partial charge in [0, 0.05) is 25.2 Å². The quantitative estimate of drug-likeness (QED) is 0.688. The number of carbonyl (C=O) groups is 1. The van der Waals surface area contributed by atoms with Gasteiger partial charge in [0.25, 0.3) is 0 Å². The van der Waals surface area contributed by atoms with Crippen LogP contribution in [-0.2, 0) is 9.53 Å². The molecule has 0 saturated heterocycles. The Labute approximate surface area is 131 Å². The third-order valence-corrected chi connectivity index (χ3v) is 6.60. The molecule has 4 aliphatic carbocycles. The number of hydrogen-bond acceptors (Lipinski definition) is 5. The molecule has 4 fully saturated rings. The van der Waals surface area contributed by atoms with Crippen LogP contribution in [0.1, 0.15) is 66.2 Å². The van der Waals surface area contributed by atoms with E-state index in [9.17, 15) is 20.1 Å². The molecule has 5 nitrogen and oxygen atoms in total. The van der Waals surface area contributed by atoms with Gasteiger partial charge in [-0.3, -0.25) is 4.79 Å². The number of esters is 1. The summed E-state index contributed by atoms with van der Waals surface area (Å²) < 4.78 is 5.85. The van der Waals surface area contributed by atoms with Gasteiger partial charge in [-0.15, -0.1) is 0 Å². The van der Waals surface area contributed by atoms with E-state index in [0.717, 1.165) is 0 Å². The Balaban J connectivity index is 1.93. The van der Waals surface area contributed by atoms with Crippen LogP contribution in [0.4, 0.5) is 0 Å². The standard InChI is InChI=1S/C17H28O5/c1-5-13(2,3)12(18)22-14(4)11-6-15(19)8-16(20,7-11)10-17(14,21)9-15/h11,19-21H,5-10H2,1-4H3. The molecule has 0 aromatic heterocycles. The van der Waals surface area contributed by atoms with E-state index in [-0.39, 0.29) is 24.7 Å². The highest BCUT2D eigenvalue weighted by Gasteiger charge is 2.73. The van der Waals surface area contributed by atoms with Gasteiger partial charge >= 0.3 is 5.97 Å². The summed E-state index contributed by atoms with van der Waals surface area (Å²) in [6, 6.07) is 0. The maximum absolute atomic E-state index is 12.5. The molecule has 4 bridgehead atoms. The minimum absolute atomic E-state index is 0.162. The lowest BCUT2D eigenvalue weighted by molar-refractivity contribution is -0.332. The van der Waals surface area contributed by atoms with Crippen molar-refractivity contribution in [1.82, 2.24) is 0 Å². The minimum atomic E-state index is -1.37. The number of rotatable bonds is 3. The lowest BCUT2D eigenvalue weighted by Crippen LogP contribution is -2.77. The van der Waals surface area contributed by atoms with E-state index < -0.39 is 27.8 Å². The summed E-state index contributed by atoms with van der Waals surface area (Å²) in [6.07, 6.45) is 2.22. The van der Waals surface area contributed by atoms with Crippen molar-refractivity contribution in [3.05, 3.63) is 0 Å². The van der Waals surface area contributed by atoms with Gasteiger partial charge in [-0.2, -0.15) is 0 Å². The zero-order chi connectivity index (χ0) is 16.6. The molecule has 4 saturated carbocycles. The first kappa shape index (κ1) is 16.2. The average molecular weight is 312 g/mol. The first-order valence-corrected chi connectivity index (χ1v) is 8.28. The molecule has 0 spiro atoms. The first-order chi connectivity index (χ1) is 9.87. The van der Waals surface area contributed by atoms with Gasteiger partial charge in [-0.05, 0) is 40.0 Å². The van der Waals surface area contributed by atoms with Crippen LogP contribution in [0.5, 0.6) is 0 Å². The van der Waals surface area contributed by atoms with Crippen LogP contribution in [0.15, 0.2) is 0 Å². The van der Waals surface area contributed by atoms with Crippen LogP contribution in [0.25, 0.3) is 0 Å². The summed E-state index contributed by atoms with van der Waals surface area (Å²) in [5, 5.41) is 32.4. The SMILES string of the molecule is CCC(C)(C)C(=O)OC1(C)C2CC3(O)CC(O)(C2)CC1(O)C3. The van der Waals surface area contributed by atoms with Crippen LogP contribution >= 0.6 is 0 Å². The summed E-state index contributed by atoms with van der Waals surface area (Å²) in [5.41, 5.74) is -5.11. The van der Waals surface area contributed by atoms with Crippen molar-refractivity contribution in [2.75, 3.05) is 0 Å². The fourth-order valence-corrected chi connectivity index (χ4v) is 4.94. The van der Waals surface area contributed by atoms with Gasteiger partial charge in [-0.25, -0.2) is 0 Å². The van der Waals surface area contributed by atoms with Crippen molar-refractivity contribution in [3.63, 3.8) is 0 Å². The van der Waals surface area contributed by atoms with E-state index in [4.69, 9.17) is 4.74 Å². The van der Waals surface area contributed by atoms with Gasteiger partial charge in [0.05, 0.1) is 16.6 Å². The van der Waals surface area contributed by atoms with E-state index in [2.05, 4.69) is 0 Å². The lowest BCUT2D eigenvalue weighted by atomic mass is 9.45. The number of aliphatic hydroxyl groups is 3. The van der Waals surface area contributed by atoms with Gasteiger partial charge in [0.2, 0.25) is 0 Å². The summed E-state index contributed by atoms with van der Waals surface area (Å²) in [5.74, 6) is -0.544. The normalized spacial score (nSPS) is 50.2. The summed E-state index contributed by atoms with van der Waals surface area (Å²) in [6.45, 7) is 7.37. The molecule has 0 amide bonds. The average Bonchev–Trinajstić information content (AvgIpc) is 2.32. The molecule has 126 valence electrons. The molecule has 0 radical (unpaired) electrons. The summed E-state index contributed by atoms with van der Waals surface area (Å²) in [4.78, 5) is 12.5. The Morgan fingerprint density at radius 2 is 1.64 bits per heavy atom. The molecule has 0 aromatic rings. The van der Waals surface area contributed by atoms with E-state index in [1.807, 2.05) is 20.8 Å². The van der Waals surface area contributed by atoms with Gasteiger partial charge in [0.15, 0.2) is 0 Å². The van der Waals surface area contributed by atoms with Crippen LogP contribution in [0, 0.1) is 11.3 Å². The van der Waals surface area contributed by atoms with Crippen molar-refractivity contribution >= 4 is 5.97 Å². The smallest absolute Gasteiger partial charge is 0.312 e. The molecular formula is C17H28O5. The number of hydrogen-bond donors (Lipinski definition) is 3. The van der Waals surface area contributed by atoms with Gasteiger partial charge < -0.3 is 20.1 Å². The van der Waals surface area contributed by atoms with E-state index in [0.29, 0.717) is 25.7 Å². The lowest BCUT2D eigenvalue weighted by Gasteiger charge is -2.68. The van der Waals surface area contributed by atoms with Crippen molar-refractivity contribution in [3.8, 4) is 0 Å². The maximum atomic E-state index is 12.5. The van der Waals surface area contributed by atoms with Crippen molar-refractivity contribution < 1.29 is 24.9 Å². The molecular weight excluding hydrogens is 284 g/mol. The monoisotopic (exact) mass is 312 g/mol. The summed E-state index contributed by atoms with van der Waals surface area (Å²) in [7, 11) is 0. The molecule has 22 heavy (non-hydrogen) atoms. The fourth-order valence-electron chi connectivity index (χ4n) is 4.94. The fraction of sp³-hybridized carbons (Fsp3) is 0.941. The molecule has 4 rings (SSSR count). The second kappa shape index (κ2) is 4.25. The van der Waals surface area contributed by atoms with Gasteiger partial charge in [-0.1, -0.05) is 6.92 Å². The minimum Gasteiger partial charge on any atom is -0.456 e. The predicted octanol–water partition coefficient (Wildman–Crippen LogP) is 1.53. The van der Waals surface area contributed by atoms with Crippen LogP contribution in [0.2, 0.25) is 0 Å². The number of ether oxygens (including phenoxy) is 1. The van der Waals surface area contributed by atoms with Crippen LogP contribution in [-0.4, -0.2) is 43.7 Å². The zero-order valence-corrected chi connectivity index (χ0v) is 14.0. The molecule has 0 aromatic carbocycles. The largest absolute Gasteiger partial charge is 0.456 e. The molecule has 0 aliphatic heterocycles. The second-order valence-electron chi connectivity index (χ2n) is 8.85. The highest BCUT2D eigenvalue weighted by molar-refractivity contribution is 5.76. The maximum Gasteiger partial charge on any atom is 0.312 e. The molecule has 0 heterocycles. The van der Waals surface area contributed by atoms with E-state index in [1.54, 1.807) is 6.92 Å². The third-order valence-electron chi connectivity index (χ3n) is 6.60. The summed E-state index contributed by atoms with van der Waals surface area (Å²) >= 11 is 0. The predicted molar refractivity (Wildman–Crippen MR) is 80.0 cm³/mol. The molecule has 4 aliphatic rings. The Morgan fingerprint density at radius 3 is 2.05 bits per heavy atom. The molecule has 3 unspecified atom stereocenters. The number of carbonyl (C=O) groups excluding carboxylic acids is 1. The molecule has 3 atom stereocenters. The Bertz CT molecular complexity index is 495. The van der Waals surface area contributed by atoms with Crippen molar-refractivity contribution in [2.24, 2.45) is 11.3 Å². The highest BCUT2D eigenvalue weighted by Crippen LogP contribution is 2.64. The molecule has 3 N–H and O–H groups in total. The van der Waals surface area contributed by atoms with Crippen LogP contribution in [0.3, 0.4) is 0 Å². The van der Waals surface area contributed by atoms with E-state index in [1.165, 1.54) is 0 Å². The van der Waals surface area contributed by atoms with Crippen molar-refractivity contribution in [1.29, 1.82) is 0 Å². The molecule has 5 heteroatoms. The van der Waals surface area contributed by atoms with Gasteiger partial charge in [0.1, 0.15) is 11.2 Å². The first-order valence-electron chi connectivity index (χ1n) is 8.28.